The average molecular weight is 360 g/mol. The van der Waals surface area contributed by atoms with Gasteiger partial charge in [0, 0.05) is 0 Å². The number of rotatable bonds is 3. The molecule has 0 atom stereocenters. The maximum Gasteiger partial charge on any atom is 0.534 e. The number of halogens is 6. The molecule has 1 aromatic rings. The molecule has 7 nitrogen and oxygen atoms in total. The van der Waals surface area contributed by atoms with E-state index in [9.17, 15) is 43.2 Å². The maximum atomic E-state index is 12.1. The lowest BCUT2D eigenvalue weighted by Crippen LogP contribution is -2.28. The lowest BCUT2D eigenvalue weighted by atomic mass is 10.6. The lowest BCUT2D eigenvalue weighted by Gasteiger charge is -2.09. The fourth-order valence-corrected chi connectivity index (χ4v) is 1.79. The van der Waals surface area contributed by atoms with E-state index in [1.807, 2.05) is 0 Å². The SMILES string of the molecule is O=S(=O)(Oc1cnc(S(=O)(=O)C(F)(F)F)nc1)C(F)(F)F. The van der Waals surface area contributed by atoms with E-state index < -0.39 is 41.9 Å². The summed E-state index contributed by atoms with van der Waals surface area (Å²) in [4.78, 5) is 5.21. The first kappa shape index (κ1) is 17.4. The molecule has 1 aromatic heterocycles. The summed E-state index contributed by atoms with van der Waals surface area (Å²) in [6.07, 6.45) is 0.0732. The van der Waals surface area contributed by atoms with Crippen LogP contribution >= 0.6 is 0 Å². The molecule has 21 heavy (non-hydrogen) atoms. The highest BCUT2D eigenvalue weighted by atomic mass is 32.2. The molecule has 0 radical (unpaired) electrons. The summed E-state index contributed by atoms with van der Waals surface area (Å²) in [7, 11) is -12.0. The fourth-order valence-electron chi connectivity index (χ4n) is 0.764. The van der Waals surface area contributed by atoms with Gasteiger partial charge >= 0.3 is 31.0 Å². The van der Waals surface area contributed by atoms with Gasteiger partial charge in [-0.15, -0.1) is 0 Å². The number of aromatic nitrogens is 2. The summed E-state index contributed by atoms with van der Waals surface area (Å²) < 4.78 is 118. The predicted molar refractivity (Wildman–Crippen MR) is 50.9 cm³/mol. The molecule has 0 aromatic carbocycles. The van der Waals surface area contributed by atoms with E-state index in [2.05, 4.69) is 14.2 Å². The molecular weight excluding hydrogens is 358 g/mol. The minimum Gasteiger partial charge on any atom is -0.373 e. The van der Waals surface area contributed by atoms with Crippen molar-refractivity contribution < 1.29 is 47.4 Å². The van der Waals surface area contributed by atoms with Gasteiger partial charge in [-0.2, -0.15) is 34.8 Å². The van der Waals surface area contributed by atoms with Crippen molar-refractivity contribution in [3.05, 3.63) is 12.4 Å². The van der Waals surface area contributed by atoms with Gasteiger partial charge in [0.1, 0.15) is 0 Å². The van der Waals surface area contributed by atoms with Gasteiger partial charge in [-0.3, -0.25) is 0 Å². The van der Waals surface area contributed by atoms with E-state index in [4.69, 9.17) is 0 Å². The number of nitrogens with zero attached hydrogens (tertiary/aromatic N) is 2. The van der Waals surface area contributed by atoms with Crippen LogP contribution in [-0.2, 0) is 20.0 Å². The Morgan fingerprint density at radius 3 is 1.62 bits per heavy atom. The quantitative estimate of drug-likeness (QED) is 0.343. The molecule has 0 fully saturated rings. The van der Waals surface area contributed by atoms with Crippen LogP contribution < -0.4 is 4.18 Å². The van der Waals surface area contributed by atoms with Crippen LogP contribution in [0.4, 0.5) is 26.3 Å². The summed E-state index contributed by atoms with van der Waals surface area (Å²) in [5.41, 5.74) is -11.5. The number of hydrogen-bond donors (Lipinski definition) is 0. The topological polar surface area (TPSA) is 103 Å². The molecule has 0 aliphatic heterocycles. The molecule has 0 aliphatic rings. The van der Waals surface area contributed by atoms with Crippen LogP contribution in [0, 0.1) is 0 Å². The van der Waals surface area contributed by atoms with Gasteiger partial charge in [-0.1, -0.05) is 0 Å². The predicted octanol–water partition coefficient (Wildman–Crippen LogP) is 0.999. The van der Waals surface area contributed by atoms with E-state index in [1.54, 1.807) is 0 Å². The number of hydrogen-bond acceptors (Lipinski definition) is 7. The Morgan fingerprint density at radius 1 is 0.857 bits per heavy atom. The molecule has 0 spiro atoms. The highest BCUT2D eigenvalue weighted by Crippen LogP contribution is 2.29. The van der Waals surface area contributed by atoms with Crippen molar-refractivity contribution in [3.8, 4) is 5.75 Å². The van der Waals surface area contributed by atoms with Crippen LogP contribution in [0.5, 0.6) is 5.75 Å². The van der Waals surface area contributed by atoms with Gasteiger partial charge in [0.05, 0.1) is 12.4 Å². The van der Waals surface area contributed by atoms with Crippen molar-refractivity contribution >= 4 is 20.0 Å². The largest absolute Gasteiger partial charge is 0.534 e. The third kappa shape index (κ3) is 3.52. The first-order valence-electron chi connectivity index (χ1n) is 4.32. The number of sulfone groups is 1. The highest BCUT2D eigenvalue weighted by Gasteiger charge is 2.50. The van der Waals surface area contributed by atoms with Crippen molar-refractivity contribution in [2.24, 2.45) is 0 Å². The molecule has 0 bridgehead atoms. The van der Waals surface area contributed by atoms with Gasteiger partial charge in [-0.05, 0) is 0 Å². The summed E-state index contributed by atoms with van der Waals surface area (Å²) in [6, 6.07) is 0. The molecule has 0 unspecified atom stereocenters. The second-order valence-electron chi connectivity index (χ2n) is 3.13. The maximum absolute atomic E-state index is 12.1. The smallest absolute Gasteiger partial charge is 0.373 e. The standard InChI is InChI=1S/C6H2F6N2O5S2/c7-5(8,9)20(15,16)4-13-1-3(2-14-4)19-21(17,18)6(10,11)12/h1-2H. The first-order chi connectivity index (χ1) is 9.18. The van der Waals surface area contributed by atoms with Crippen molar-refractivity contribution in [2.45, 2.75) is 16.2 Å². The van der Waals surface area contributed by atoms with Gasteiger partial charge in [0.25, 0.3) is 5.16 Å². The zero-order valence-corrected chi connectivity index (χ0v) is 10.8. The Labute approximate surface area is 112 Å². The van der Waals surface area contributed by atoms with Crippen LogP contribution in [0.1, 0.15) is 0 Å². The zero-order valence-electron chi connectivity index (χ0n) is 9.17. The molecule has 0 saturated carbocycles. The van der Waals surface area contributed by atoms with Gasteiger partial charge in [0.15, 0.2) is 5.75 Å². The number of alkyl halides is 6. The molecule has 0 aliphatic carbocycles. The van der Waals surface area contributed by atoms with Crippen molar-refractivity contribution in [1.29, 1.82) is 0 Å². The van der Waals surface area contributed by atoms with E-state index >= 15 is 0 Å². The Balaban J connectivity index is 3.12. The Bertz CT molecular complexity index is 720. The van der Waals surface area contributed by atoms with Crippen LogP contribution in [0.2, 0.25) is 0 Å². The second kappa shape index (κ2) is 4.97. The van der Waals surface area contributed by atoms with Gasteiger partial charge in [0.2, 0.25) is 0 Å². The lowest BCUT2D eigenvalue weighted by molar-refractivity contribution is -0.0500. The fraction of sp³-hybridized carbons (Fsp3) is 0.333. The molecular formula is C6H2F6N2O5S2. The monoisotopic (exact) mass is 360 g/mol. The highest BCUT2D eigenvalue weighted by molar-refractivity contribution is 7.92. The molecule has 0 saturated heterocycles. The van der Waals surface area contributed by atoms with Crippen molar-refractivity contribution in [3.63, 3.8) is 0 Å². The molecule has 0 amide bonds. The van der Waals surface area contributed by atoms with E-state index in [1.165, 1.54) is 0 Å². The van der Waals surface area contributed by atoms with E-state index in [-0.39, 0.29) is 12.4 Å². The molecule has 1 heterocycles. The second-order valence-corrected chi connectivity index (χ2v) is 6.51. The summed E-state index contributed by atoms with van der Waals surface area (Å²) in [6.45, 7) is 0. The third-order valence-electron chi connectivity index (χ3n) is 1.64. The average Bonchev–Trinajstić information content (AvgIpc) is 2.26. The van der Waals surface area contributed by atoms with Gasteiger partial charge in [-0.25, -0.2) is 18.4 Å². The Hall–Kier alpha value is -1.64. The van der Waals surface area contributed by atoms with Crippen molar-refractivity contribution in [1.82, 2.24) is 9.97 Å². The Kier molecular flexibility index (Phi) is 4.12. The minimum atomic E-state index is -6.08. The minimum absolute atomic E-state index is 0.0366. The molecule has 0 N–H and O–H groups in total. The van der Waals surface area contributed by atoms with Crippen LogP contribution in [-0.4, -0.2) is 37.8 Å². The summed E-state index contributed by atoms with van der Waals surface area (Å²) in [5, 5.41) is -1.77. The first-order valence-corrected chi connectivity index (χ1v) is 7.22. The third-order valence-corrected chi connectivity index (χ3v) is 3.92. The normalized spacial score (nSPS) is 14.0. The Morgan fingerprint density at radius 2 is 1.29 bits per heavy atom. The van der Waals surface area contributed by atoms with Crippen LogP contribution in [0.3, 0.4) is 0 Å². The van der Waals surface area contributed by atoms with E-state index in [0.29, 0.717) is 0 Å². The molecule has 120 valence electrons. The van der Waals surface area contributed by atoms with E-state index in [0.717, 1.165) is 0 Å². The van der Waals surface area contributed by atoms with Gasteiger partial charge < -0.3 is 4.18 Å². The van der Waals surface area contributed by atoms with Crippen molar-refractivity contribution in [2.75, 3.05) is 0 Å². The molecule has 15 heteroatoms. The molecule has 1 rings (SSSR count). The van der Waals surface area contributed by atoms with Crippen LogP contribution in [0.25, 0.3) is 0 Å². The van der Waals surface area contributed by atoms with Crippen LogP contribution in [0.15, 0.2) is 17.6 Å². The zero-order chi connectivity index (χ0) is 16.7. The summed E-state index contributed by atoms with van der Waals surface area (Å²) >= 11 is 0. The summed E-state index contributed by atoms with van der Waals surface area (Å²) in [5.74, 6) is -1.21.